The van der Waals surface area contributed by atoms with Gasteiger partial charge in [-0.25, -0.2) is 9.97 Å². The normalized spacial score (nSPS) is 19.4. The average molecular weight is 315 g/mol. The molecule has 2 aromatic heterocycles. The summed E-state index contributed by atoms with van der Waals surface area (Å²) < 4.78 is 0. The number of rotatable bonds is 3. The maximum Gasteiger partial charge on any atom is 0.132 e. The Morgan fingerprint density at radius 1 is 1.00 bits per heavy atom. The first kappa shape index (κ1) is 13.9. The molecule has 0 radical (unpaired) electrons. The Morgan fingerprint density at radius 2 is 1.82 bits per heavy atom. The predicted octanol–water partition coefficient (Wildman–Crippen LogP) is 3.79. The Bertz CT molecular complexity index is 663. The van der Waals surface area contributed by atoms with E-state index in [4.69, 9.17) is 11.6 Å². The molecule has 4 rings (SSSR count). The molecule has 114 valence electrons. The molecule has 22 heavy (non-hydrogen) atoms. The van der Waals surface area contributed by atoms with Gasteiger partial charge in [0.2, 0.25) is 0 Å². The fourth-order valence-corrected chi connectivity index (χ4v) is 3.49. The molecule has 2 aliphatic rings. The van der Waals surface area contributed by atoms with Crippen molar-refractivity contribution in [3.63, 3.8) is 0 Å². The van der Waals surface area contributed by atoms with E-state index in [9.17, 15) is 0 Å². The molecule has 0 unspecified atom stereocenters. The standard InChI is InChI=1S/C17H19ClN4/c18-14-2-1-7-19-17(14)13-5-8-22(9-6-13)16-10-15(12-3-4-12)20-11-21-16/h1-2,7,10-13H,3-6,8-9H2. The summed E-state index contributed by atoms with van der Waals surface area (Å²) in [6.07, 6.45) is 8.23. The molecule has 0 amide bonds. The molecule has 0 atom stereocenters. The van der Waals surface area contributed by atoms with E-state index in [0.29, 0.717) is 11.8 Å². The first-order chi connectivity index (χ1) is 10.8. The third kappa shape index (κ3) is 2.80. The smallest absolute Gasteiger partial charge is 0.132 e. The predicted molar refractivity (Wildman–Crippen MR) is 87.4 cm³/mol. The molecule has 1 aliphatic carbocycles. The zero-order valence-electron chi connectivity index (χ0n) is 12.5. The second kappa shape index (κ2) is 5.84. The molecular formula is C17H19ClN4. The lowest BCUT2D eigenvalue weighted by Gasteiger charge is -2.32. The van der Waals surface area contributed by atoms with E-state index in [1.165, 1.54) is 18.5 Å². The summed E-state index contributed by atoms with van der Waals surface area (Å²) in [6, 6.07) is 6.00. The highest BCUT2D eigenvalue weighted by Gasteiger charge is 2.27. The minimum absolute atomic E-state index is 0.453. The van der Waals surface area contributed by atoms with Crippen LogP contribution in [0.4, 0.5) is 5.82 Å². The number of aromatic nitrogens is 3. The zero-order chi connectivity index (χ0) is 14.9. The minimum atomic E-state index is 0.453. The van der Waals surface area contributed by atoms with Crippen molar-refractivity contribution in [3.05, 3.63) is 47.1 Å². The van der Waals surface area contributed by atoms with Crippen LogP contribution in [0.5, 0.6) is 0 Å². The van der Waals surface area contributed by atoms with Gasteiger partial charge in [0.15, 0.2) is 0 Å². The van der Waals surface area contributed by atoms with Crippen LogP contribution < -0.4 is 4.90 Å². The summed E-state index contributed by atoms with van der Waals surface area (Å²) in [4.78, 5) is 15.7. The Hall–Kier alpha value is -1.68. The molecule has 2 fully saturated rings. The van der Waals surface area contributed by atoms with E-state index in [1.807, 2.05) is 18.3 Å². The van der Waals surface area contributed by atoms with E-state index in [2.05, 4.69) is 25.9 Å². The van der Waals surface area contributed by atoms with E-state index < -0.39 is 0 Å². The fourth-order valence-electron chi connectivity index (χ4n) is 3.22. The van der Waals surface area contributed by atoms with Crippen LogP contribution in [-0.2, 0) is 0 Å². The van der Waals surface area contributed by atoms with Gasteiger partial charge in [0.25, 0.3) is 0 Å². The Labute approximate surface area is 135 Å². The van der Waals surface area contributed by atoms with Crippen molar-refractivity contribution in [2.24, 2.45) is 0 Å². The van der Waals surface area contributed by atoms with Crippen molar-refractivity contribution >= 4 is 17.4 Å². The molecule has 0 N–H and O–H groups in total. The highest BCUT2D eigenvalue weighted by Crippen LogP contribution is 2.40. The first-order valence-corrected chi connectivity index (χ1v) is 8.36. The van der Waals surface area contributed by atoms with E-state index in [-0.39, 0.29) is 0 Å². The van der Waals surface area contributed by atoms with Crippen molar-refractivity contribution in [1.82, 2.24) is 15.0 Å². The summed E-state index contributed by atoms with van der Waals surface area (Å²) in [5.41, 5.74) is 2.25. The van der Waals surface area contributed by atoms with Gasteiger partial charge in [-0.2, -0.15) is 0 Å². The summed E-state index contributed by atoms with van der Waals surface area (Å²) in [6.45, 7) is 2.00. The number of nitrogens with zero attached hydrogens (tertiary/aromatic N) is 4. The molecule has 0 spiro atoms. The van der Waals surface area contributed by atoms with Gasteiger partial charge in [0, 0.05) is 42.9 Å². The highest BCUT2D eigenvalue weighted by molar-refractivity contribution is 6.31. The van der Waals surface area contributed by atoms with Gasteiger partial charge in [-0.1, -0.05) is 11.6 Å². The third-order valence-electron chi connectivity index (χ3n) is 4.66. The first-order valence-electron chi connectivity index (χ1n) is 7.98. The van der Waals surface area contributed by atoms with E-state index in [0.717, 1.165) is 42.5 Å². The topological polar surface area (TPSA) is 41.9 Å². The zero-order valence-corrected chi connectivity index (χ0v) is 13.2. The maximum absolute atomic E-state index is 6.28. The molecule has 4 nitrogen and oxygen atoms in total. The monoisotopic (exact) mass is 314 g/mol. The summed E-state index contributed by atoms with van der Waals surface area (Å²) in [5.74, 6) is 2.20. The van der Waals surface area contributed by atoms with Crippen LogP contribution in [0.15, 0.2) is 30.7 Å². The minimum Gasteiger partial charge on any atom is -0.356 e. The van der Waals surface area contributed by atoms with Crippen LogP contribution in [0.25, 0.3) is 0 Å². The maximum atomic E-state index is 6.28. The SMILES string of the molecule is Clc1cccnc1C1CCN(c2cc(C3CC3)ncn2)CC1. The molecule has 2 aromatic rings. The van der Waals surface area contributed by atoms with Gasteiger partial charge < -0.3 is 4.90 Å². The summed E-state index contributed by atoms with van der Waals surface area (Å²) in [7, 11) is 0. The van der Waals surface area contributed by atoms with Gasteiger partial charge in [-0.3, -0.25) is 4.98 Å². The van der Waals surface area contributed by atoms with Crippen molar-refractivity contribution in [2.75, 3.05) is 18.0 Å². The lowest BCUT2D eigenvalue weighted by molar-refractivity contribution is 0.493. The van der Waals surface area contributed by atoms with E-state index >= 15 is 0 Å². The number of piperidine rings is 1. The largest absolute Gasteiger partial charge is 0.356 e. The van der Waals surface area contributed by atoms with Crippen molar-refractivity contribution in [2.45, 2.75) is 37.5 Å². The Morgan fingerprint density at radius 3 is 2.55 bits per heavy atom. The van der Waals surface area contributed by atoms with Crippen LogP contribution in [0, 0.1) is 0 Å². The van der Waals surface area contributed by atoms with Crippen molar-refractivity contribution in [3.8, 4) is 0 Å². The van der Waals surface area contributed by atoms with Gasteiger partial charge in [-0.15, -0.1) is 0 Å². The molecule has 5 heteroatoms. The lowest BCUT2D eigenvalue weighted by Crippen LogP contribution is -2.33. The number of hydrogen-bond donors (Lipinski definition) is 0. The van der Waals surface area contributed by atoms with Gasteiger partial charge in [0.05, 0.1) is 10.7 Å². The Balaban J connectivity index is 1.45. The summed E-state index contributed by atoms with van der Waals surface area (Å²) in [5, 5.41) is 0.791. The highest BCUT2D eigenvalue weighted by atomic mass is 35.5. The van der Waals surface area contributed by atoms with Crippen LogP contribution >= 0.6 is 11.6 Å². The van der Waals surface area contributed by atoms with Gasteiger partial charge >= 0.3 is 0 Å². The second-order valence-corrected chi connectivity index (χ2v) is 6.61. The van der Waals surface area contributed by atoms with Crippen LogP contribution in [-0.4, -0.2) is 28.0 Å². The van der Waals surface area contributed by atoms with E-state index in [1.54, 1.807) is 6.33 Å². The van der Waals surface area contributed by atoms with Crippen LogP contribution in [0.3, 0.4) is 0 Å². The molecule has 3 heterocycles. The van der Waals surface area contributed by atoms with Gasteiger partial charge in [-0.05, 0) is 37.8 Å². The number of anilines is 1. The molecule has 0 aromatic carbocycles. The Kier molecular flexibility index (Phi) is 3.70. The van der Waals surface area contributed by atoms with Gasteiger partial charge in [0.1, 0.15) is 12.1 Å². The quantitative estimate of drug-likeness (QED) is 0.864. The second-order valence-electron chi connectivity index (χ2n) is 6.21. The molecule has 1 saturated carbocycles. The van der Waals surface area contributed by atoms with Crippen molar-refractivity contribution in [1.29, 1.82) is 0 Å². The average Bonchev–Trinajstić information content (AvgIpc) is 3.41. The van der Waals surface area contributed by atoms with Crippen LogP contribution in [0.2, 0.25) is 5.02 Å². The lowest BCUT2D eigenvalue weighted by atomic mass is 9.93. The van der Waals surface area contributed by atoms with Crippen LogP contribution in [0.1, 0.15) is 48.9 Å². The number of halogens is 1. The molecule has 1 aliphatic heterocycles. The number of hydrogen-bond acceptors (Lipinski definition) is 4. The molecular weight excluding hydrogens is 296 g/mol. The summed E-state index contributed by atoms with van der Waals surface area (Å²) >= 11 is 6.28. The molecule has 1 saturated heterocycles. The fraction of sp³-hybridized carbons (Fsp3) is 0.471. The third-order valence-corrected chi connectivity index (χ3v) is 4.98. The number of pyridine rings is 1. The van der Waals surface area contributed by atoms with Crippen molar-refractivity contribution < 1.29 is 0 Å². The molecule has 0 bridgehead atoms.